The van der Waals surface area contributed by atoms with Gasteiger partial charge in [0.1, 0.15) is 0 Å². The Morgan fingerprint density at radius 3 is 1.65 bits per heavy atom. The SMILES string of the molecule is C(=NC1CCCCC1)=NC1CCCCC1.Cc1ccc(S(=O)(=O)Cl)cc1. The average molecular weight is 397 g/mol. The van der Waals surface area contributed by atoms with E-state index in [-0.39, 0.29) is 4.90 Å². The summed E-state index contributed by atoms with van der Waals surface area (Å²) in [5.41, 5.74) is 1.01. The second kappa shape index (κ2) is 10.9. The van der Waals surface area contributed by atoms with Crippen LogP contribution in [0.3, 0.4) is 0 Å². The Bertz CT molecular complexity index is 676. The maximum Gasteiger partial charge on any atom is 0.261 e. The zero-order chi connectivity index (χ0) is 18.8. The van der Waals surface area contributed by atoms with E-state index in [9.17, 15) is 8.42 Å². The summed E-state index contributed by atoms with van der Waals surface area (Å²) in [4.78, 5) is 9.06. The maximum atomic E-state index is 10.7. The first-order valence-corrected chi connectivity index (χ1v) is 11.9. The topological polar surface area (TPSA) is 58.9 Å². The highest BCUT2D eigenvalue weighted by atomic mass is 35.7. The van der Waals surface area contributed by atoms with E-state index in [0.29, 0.717) is 12.1 Å². The van der Waals surface area contributed by atoms with Crippen molar-refractivity contribution in [2.24, 2.45) is 9.98 Å². The van der Waals surface area contributed by atoms with E-state index in [1.807, 2.05) is 6.92 Å². The highest BCUT2D eigenvalue weighted by molar-refractivity contribution is 8.13. The summed E-state index contributed by atoms with van der Waals surface area (Å²) in [7, 11) is 1.54. The van der Waals surface area contributed by atoms with Crippen LogP contribution < -0.4 is 0 Å². The Kier molecular flexibility index (Phi) is 8.83. The number of nitrogens with zero attached hydrogens (tertiary/aromatic N) is 2. The quantitative estimate of drug-likeness (QED) is 0.482. The van der Waals surface area contributed by atoms with Crippen LogP contribution in [0.2, 0.25) is 0 Å². The van der Waals surface area contributed by atoms with Gasteiger partial charge >= 0.3 is 0 Å². The summed E-state index contributed by atoms with van der Waals surface area (Å²) >= 11 is 0. The van der Waals surface area contributed by atoms with Gasteiger partial charge in [-0.3, -0.25) is 0 Å². The van der Waals surface area contributed by atoms with Crippen molar-refractivity contribution in [2.75, 3.05) is 0 Å². The van der Waals surface area contributed by atoms with Crippen LogP contribution in [0.1, 0.15) is 69.8 Å². The molecule has 144 valence electrons. The molecule has 2 fully saturated rings. The molecule has 0 heterocycles. The number of halogens is 1. The molecule has 6 heteroatoms. The van der Waals surface area contributed by atoms with Gasteiger partial charge in [-0.25, -0.2) is 18.4 Å². The third kappa shape index (κ3) is 8.03. The molecule has 0 unspecified atom stereocenters. The van der Waals surface area contributed by atoms with Crippen LogP contribution in [0.5, 0.6) is 0 Å². The molecule has 0 radical (unpaired) electrons. The van der Waals surface area contributed by atoms with Gasteiger partial charge in [-0.1, -0.05) is 56.2 Å². The Morgan fingerprint density at radius 2 is 1.27 bits per heavy atom. The first-order valence-electron chi connectivity index (χ1n) is 9.61. The predicted octanol–water partition coefficient (Wildman–Crippen LogP) is 5.75. The zero-order valence-corrected chi connectivity index (χ0v) is 17.1. The summed E-state index contributed by atoms with van der Waals surface area (Å²) in [6.45, 7) is 1.88. The molecular weight excluding hydrogens is 368 g/mol. The third-order valence-electron chi connectivity index (χ3n) is 4.93. The molecule has 0 N–H and O–H groups in total. The first kappa shape index (κ1) is 21.1. The van der Waals surface area contributed by atoms with Crippen LogP contribution in [0.15, 0.2) is 39.1 Å². The summed E-state index contributed by atoms with van der Waals surface area (Å²) in [6, 6.07) is 10.4. The molecule has 2 aliphatic rings. The van der Waals surface area contributed by atoms with Gasteiger partial charge in [0.2, 0.25) is 0 Å². The fourth-order valence-electron chi connectivity index (χ4n) is 3.32. The van der Waals surface area contributed by atoms with Gasteiger partial charge in [-0.15, -0.1) is 0 Å². The molecule has 26 heavy (non-hydrogen) atoms. The molecule has 0 aliphatic heterocycles. The van der Waals surface area contributed by atoms with E-state index in [1.165, 1.54) is 76.3 Å². The van der Waals surface area contributed by atoms with Crippen LogP contribution >= 0.6 is 10.7 Å². The molecule has 0 bridgehead atoms. The molecule has 4 nitrogen and oxygen atoms in total. The fourth-order valence-corrected chi connectivity index (χ4v) is 4.09. The molecular formula is C20H29ClN2O2S. The van der Waals surface area contributed by atoms with Crippen LogP contribution in [0.25, 0.3) is 0 Å². The van der Waals surface area contributed by atoms with Crippen LogP contribution in [-0.2, 0) is 9.05 Å². The van der Waals surface area contributed by atoms with E-state index >= 15 is 0 Å². The monoisotopic (exact) mass is 396 g/mol. The molecule has 3 rings (SSSR count). The number of hydrogen-bond acceptors (Lipinski definition) is 4. The summed E-state index contributed by atoms with van der Waals surface area (Å²) in [6.07, 6.45) is 13.2. The molecule has 0 amide bonds. The van der Waals surface area contributed by atoms with Crippen molar-refractivity contribution in [3.63, 3.8) is 0 Å². The van der Waals surface area contributed by atoms with Gasteiger partial charge in [0.05, 0.1) is 23.0 Å². The number of aryl methyl sites for hydroxylation is 1. The summed E-state index contributed by atoms with van der Waals surface area (Å²) in [5.74, 6) is 0. The second-order valence-electron chi connectivity index (χ2n) is 7.19. The van der Waals surface area contributed by atoms with Crippen molar-refractivity contribution >= 4 is 25.7 Å². The van der Waals surface area contributed by atoms with Gasteiger partial charge in [0.15, 0.2) is 0 Å². The van der Waals surface area contributed by atoms with Crippen molar-refractivity contribution in [3.05, 3.63) is 29.8 Å². The fraction of sp³-hybridized carbons (Fsp3) is 0.650. The normalized spacial score (nSPS) is 19.0. The van der Waals surface area contributed by atoms with Crippen molar-refractivity contribution in [1.82, 2.24) is 0 Å². The molecule has 0 saturated heterocycles. The predicted molar refractivity (Wildman–Crippen MR) is 108 cm³/mol. The zero-order valence-electron chi connectivity index (χ0n) is 15.5. The molecule has 0 aromatic heterocycles. The number of aliphatic imine (C=N–C) groups is 2. The molecule has 2 saturated carbocycles. The second-order valence-corrected chi connectivity index (χ2v) is 9.76. The van der Waals surface area contributed by atoms with E-state index < -0.39 is 9.05 Å². The van der Waals surface area contributed by atoms with Gasteiger partial charge in [-0.2, -0.15) is 0 Å². The lowest BCUT2D eigenvalue weighted by molar-refractivity contribution is 0.438. The molecule has 0 atom stereocenters. The molecule has 0 spiro atoms. The van der Waals surface area contributed by atoms with Gasteiger partial charge < -0.3 is 0 Å². The van der Waals surface area contributed by atoms with Gasteiger partial charge in [0, 0.05) is 10.7 Å². The Labute approximate surface area is 162 Å². The van der Waals surface area contributed by atoms with Crippen LogP contribution in [-0.4, -0.2) is 26.5 Å². The lowest BCUT2D eigenvalue weighted by Crippen LogP contribution is -2.10. The number of rotatable bonds is 3. The largest absolute Gasteiger partial charge is 0.261 e. The standard InChI is InChI=1S/C13H22N2.C7H7ClO2S/c1-3-7-12(8-4-1)14-11-15-13-9-5-2-6-10-13;1-6-2-4-7(5-3-6)11(8,9)10/h12-13H,1-10H2;2-5H,1H3. The van der Waals surface area contributed by atoms with Crippen molar-refractivity contribution < 1.29 is 8.42 Å². The highest BCUT2D eigenvalue weighted by Gasteiger charge is 2.12. The lowest BCUT2D eigenvalue weighted by atomic mass is 9.96. The number of benzene rings is 1. The van der Waals surface area contributed by atoms with Crippen LogP contribution in [0, 0.1) is 6.92 Å². The summed E-state index contributed by atoms with van der Waals surface area (Å²) < 4.78 is 21.4. The van der Waals surface area contributed by atoms with E-state index in [1.54, 1.807) is 12.1 Å². The van der Waals surface area contributed by atoms with Crippen molar-refractivity contribution in [2.45, 2.75) is 88.1 Å². The Morgan fingerprint density at radius 1 is 0.846 bits per heavy atom. The third-order valence-corrected chi connectivity index (χ3v) is 6.30. The smallest absolute Gasteiger partial charge is 0.222 e. The highest BCUT2D eigenvalue weighted by Crippen LogP contribution is 2.21. The Hall–Kier alpha value is -1.16. The van der Waals surface area contributed by atoms with E-state index in [2.05, 4.69) is 16.0 Å². The van der Waals surface area contributed by atoms with Crippen molar-refractivity contribution in [3.8, 4) is 0 Å². The molecule has 1 aromatic carbocycles. The Balaban J connectivity index is 0.000000197. The summed E-state index contributed by atoms with van der Waals surface area (Å²) in [5, 5.41) is 0. The van der Waals surface area contributed by atoms with E-state index in [4.69, 9.17) is 10.7 Å². The van der Waals surface area contributed by atoms with E-state index in [0.717, 1.165) is 5.56 Å². The molecule has 1 aromatic rings. The minimum absolute atomic E-state index is 0.143. The van der Waals surface area contributed by atoms with Crippen LogP contribution in [0.4, 0.5) is 0 Å². The van der Waals surface area contributed by atoms with Gasteiger partial charge in [-0.05, 0) is 44.7 Å². The van der Waals surface area contributed by atoms with Crippen molar-refractivity contribution in [1.29, 1.82) is 0 Å². The molecule has 2 aliphatic carbocycles. The van der Waals surface area contributed by atoms with Gasteiger partial charge in [0.25, 0.3) is 9.05 Å². The minimum atomic E-state index is -3.55. The first-order chi connectivity index (χ1) is 12.4. The number of hydrogen-bond donors (Lipinski definition) is 0. The average Bonchev–Trinajstić information content (AvgIpc) is 2.64. The lowest BCUT2D eigenvalue weighted by Gasteiger charge is -2.17. The maximum absolute atomic E-state index is 10.7. The minimum Gasteiger partial charge on any atom is -0.222 e.